The quantitative estimate of drug-likeness (QED) is 0.531. The van der Waals surface area contributed by atoms with Crippen LogP contribution in [0.4, 0.5) is 0 Å². The Balaban J connectivity index is 3.69. The Labute approximate surface area is 103 Å². The first-order valence-corrected chi connectivity index (χ1v) is 7.27. The van der Waals surface area contributed by atoms with Crippen molar-refractivity contribution in [3.8, 4) is 0 Å². The van der Waals surface area contributed by atoms with Crippen molar-refractivity contribution in [1.82, 2.24) is 5.32 Å². The van der Waals surface area contributed by atoms with Crippen LogP contribution in [0.1, 0.15) is 79.6 Å². The highest BCUT2D eigenvalue weighted by Crippen LogP contribution is 2.27. The van der Waals surface area contributed by atoms with Crippen molar-refractivity contribution in [3.63, 3.8) is 0 Å². The maximum Gasteiger partial charge on any atom is 0.00106 e. The highest BCUT2D eigenvalue weighted by atomic mass is 14.9. The predicted octanol–water partition coefficient (Wildman–Crippen LogP) is 4.76. The molecule has 1 atom stereocenters. The average Bonchev–Trinajstić information content (AvgIpc) is 2.26. The van der Waals surface area contributed by atoms with Crippen molar-refractivity contribution >= 4 is 0 Å². The molecule has 0 heterocycles. The van der Waals surface area contributed by atoms with E-state index < -0.39 is 0 Å². The molecule has 0 aromatic carbocycles. The van der Waals surface area contributed by atoms with Gasteiger partial charge in [0, 0.05) is 12.6 Å². The minimum Gasteiger partial charge on any atom is -0.314 e. The smallest absolute Gasteiger partial charge is 0.00106 e. The molecule has 1 N–H and O–H groups in total. The van der Waals surface area contributed by atoms with E-state index in [1.165, 1.54) is 51.5 Å². The SMILES string of the molecule is CCCCCCCC(C)(CC)CNC(C)C. The van der Waals surface area contributed by atoms with Gasteiger partial charge in [0.1, 0.15) is 0 Å². The Hall–Kier alpha value is -0.0400. The van der Waals surface area contributed by atoms with Gasteiger partial charge >= 0.3 is 0 Å². The van der Waals surface area contributed by atoms with Gasteiger partial charge in [0.15, 0.2) is 0 Å². The summed E-state index contributed by atoms with van der Waals surface area (Å²) in [4.78, 5) is 0. The second-order valence-corrected chi connectivity index (χ2v) is 5.86. The molecule has 0 saturated carbocycles. The number of nitrogens with one attached hydrogen (secondary N) is 1. The largest absolute Gasteiger partial charge is 0.314 e. The molecule has 0 aliphatic heterocycles. The van der Waals surface area contributed by atoms with Gasteiger partial charge in [-0.05, 0) is 18.3 Å². The summed E-state index contributed by atoms with van der Waals surface area (Å²) in [6.07, 6.45) is 9.68. The van der Waals surface area contributed by atoms with Crippen molar-refractivity contribution in [1.29, 1.82) is 0 Å². The lowest BCUT2D eigenvalue weighted by Gasteiger charge is -2.29. The summed E-state index contributed by atoms with van der Waals surface area (Å²) in [5.74, 6) is 0. The third kappa shape index (κ3) is 8.15. The Kier molecular flexibility index (Phi) is 9.02. The lowest BCUT2D eigenvalue weighted by molar-refractivity contribution is 0.252. The van der Waals surface area contributed by atoms with Crippen LogP contribution in [0.3, 0.4) is 0 Å². The minimum absolute atomic E-state index is 0.510. The molecular weight excluding hydrogens is 194 g/mol. The minimum atomic E-state index is 0.510. The van der Waals surface area contributed by atoms with Crippen LogP contribution in [0.5, 0.6) is 0 Å². The number of rotatable bonds is 10. The molecule has 0 saturated heterocycles. The van der Waals surface area contributed by atoms with Gasteiger partial charge in [-0.25, -0.2) is 0 Å². The van der Waals surface area contributed by atoms with E-state index in [0.717, 1.165) is 0 Å². The molecule has 0 spiro atoms. The first-order valence-electron chi connectivity index (χ1n) is 7.27. The zero-order valence-corrected chi connectivity index (χ0v) is 12.2. The summed E-state index contributed by atoms with van der Waals surface area (Å²) in [7, 11) is 0. The Morgan fingerprint density at radius 1 is 1.00 bits per heavy atom. The molecular formula is C15H33N. The van der Waals surface area contributed by atoms with Crippen molar-refractivity contribution in [2.45, 2.75) is 85.6 Å². The molecule has 0 aliphatic rings. The molecule has 0 aromatic heterocycles. The van der Waals surface area contributed by atoms with Crippen molar-refractivity contribution < 1.29 is 0 Å². The molecule has 0 fully saturated rings. The van der Waals surface area contributed by atoms with E-state index in [0.29, 0.717) is 11.5 Å². The zero-order valence-electron chi connectivity index (χ0n) is 12.2. The van der Waals surface area contributed by atoms with E-state index in [1.54, 1.807) is 0 Å². The fraction of sp³-hybridized carbons (Fsp3) is 1.00. The van der Waals surface area contributed by atoms with E-state index in [9.17, 15) is 0 Å². The Morgan fingerprint density at radius 2 is 1.62 bits per heavy atom. The van der Waals surface area contributed by atoms with E-state index in [2.05, 4.69) is 39.9 Å². The van der Waals surface area contributed by atoms with Crippen LogP contribution in [0.25, 0.3) is 0 Å². The maximum atomic E-state index is 3.59. The maximum absolute atomic E-state index is 3.59. The highest BCUT2D eigenvalue weighted by Gasteiger charge is 2.21. The van der Waals surface area contributed by atoms with Gasteiger partial charge in [-0.3, -0.25) is 0 Å². The zero-order chi connectivity index (χ0) is 12.4. The van der Waals surface area contributed by atoms with Gasteiger partial charge < -0.3 is 5.32 Å². The van der Waals surface area contributed by atoms with Gasteiger partial charge in [-0.15, -0.1) is 0 Å². The highest BCUT2D eigenvalue weighted by molar-refractivity contribution is 4.76. The predicted molar refractivity (Wildman–Crippen MR) is 74.9 cm³/mol. The fourth-order valence-corrected chi connectivity index (χ4v) is 2.00. The molecule has 0 rings (SSSR count). The van der Waals surface area contributed by atoms with Crippen molar-refractivity contribution in [2.75, 3.05) is 6.54 Å². The van der Waals surface area contributed by atoms with Gasteiger partial charge in [0.25, 0.3) is 0 Å². The molecule has 1 heteroatoms. The van der Waals surface area contributed by atoms with Crippen LogP contribution in [0, 0.1) is 5.41 Å². The molecule has 98 valence electrons. The van der Waals surface area contributed by atoms with Crippen LogP contribution in [0.15, 0.2) is 0 Å². The average molecular weight is 227 g/mol. The first-order chi connectivity index (χ1) is 7.54. The second-order valence-electron chi connectivity index (χ2n) is 5.86. The lowest BCUT2D eigenvalue weighted by atomic mass is 9.82. The van der Waals surface area contributed by atoms with E-state index in [1.807, 2.05) is 0 Å². The monoisotopic (exact) mass is 227 g/mol. The molecule has 0 aliphatic carbocycles. The molecule has 0 amide bonds. The third-order valence-electron chi connectivity index (χ3n) is 3.67. The van der Waals surface area contributed by atoms with Gasteiger partial charge in [-0.1, -0.05) is 66.7 Å². The van der Waals surface area contributed by atoms with Crippen LogP contribution < -0.4 is 5.32 Å². The second kappa shape index (κ2) is 9.04. The summed E-state index contributed by atoms with van der Waals surface area (Å²) < 4.78 is 0. The fourth-order valence-electron chi connectivity index (χ4n) is 2.00. The van der Waals surface area contributed by atoms with Crippen molar-refractivity contribution in [2.24, 2.45) is 5.41 Å². The first kappa shape index (κ1) is 16.0. The number of hydrogen-bond acceptors (Lipinski definition) is 1. The molecule has 1 unspecified atom stereocenters. The number of unbranched alkanes of at least 4 members (excludes halogenated alkanes) is 4. The standard InChI is InChI=1S/C15H33N/c1-6-8-9-10-11-12-15(5,7-2)13-16-14(3)4/h14,16H,6-13H2,1-5H3. The summed E-state index contributed by atoms with van der Waals surface area (Å²) in [5.41, 5.74) is 0.510. The van der Waals surface area contributed by atoms with Gasteiger partial charge in [0.2, 0.25) is 0 Å². The van der Waals surface area contributed by atoms with Crippen LogP contribution >= 0.6 is 0 Å². The topological polar surface area (TPSA) is 12.0 Å². The molecule has 16 heavy (non-hydrogen) atoms. The van der Waals surface area contributed by atoms with Crippen LogP contribution in [-0.2, 0) is 0 Å². The summed E-state index contributed by atoms with van der Waals surface area (Å²) in [5, 5.41) is 3.59. The normalized spacial score (nSPS) is 15.4. The van der Waals surface area contributed by atoms with E-state index in [-0.39, 0.29) is 0 Å². The Bertz CT molecular complexity index is 154. The van der Waals surface area contributed by atoms with Crippen LogP contribution in [0.2, 0.25) is 0 Å². The van der Waals surface area contributed by atoms with E-state index in [4.69, 9.17) is 0 Å². The molecule has 0 radical (unpaired) electrons. The molecule has 1 nitrogen and oxygen atoms in total. The Morgan fingerprint density at radius 3 is 2.12 bits per heavy atom. The van der Waals surface area contributed by atoms with Crippen LogP contribution in [-0.4, -0.2) is 12.6 Å². The van der Waals surface area contributed by atoms with Gasteiger partial charge in [0.05, 0.1) is 0 Å². The number of hydrogen-bond donors (Lipinski definition) is 1. The summed E-state index contributed by atoms with van der Waals surface area (Å²) in [6.45, 7) is 12.7. The third-order valence-corrected chi connectivity index (χ3v) is 3.67. The summed E-state index contributed by atoms with van der Waals surface area (Å²) >= 11 is 0. The lowest BCUT2D eigenvalue weighted by Crippen LogP contribution is -2.35. The summed E-state index contributed by atoms with van der Waals surface area (Å²) in [6, 6.07) is 0.617. The molecule has 0 bridgehead atoms. The van der Waals surface area contributed by atoms with Crippen molar-refractivity contribution in [3.05, 3.63) is 0 Å². The molecule has 0 aromatic rings. The van der Waals surface area contributed by atoms with Gasteiger partial charge in [-0.2, -0.15) is 0 Å². The van der Waals surface area contributed by atoms with E-state index >= 15 is 0 Å².